The minimum Gasteiger partial charge on any atom is -0.493 e. The third kappa shape index (κ3) is 3.85. The molecule has 0 fully saturated rings. The molecule has 0 aliphatic rings. The van der Waals surface area contributed by atoms with Gasteiger partial charge in [0.05, 0.1) is 6.61 Å². The summed E-state index contributed by atoms with van der Waals surface area (Å²) in [6, 6.07) is 7.94. The fourth-order valence-electron chi connectivity index (χ4n) is 1.76. The molecule has 0 atom stereocenters. The van der Waals surface area contributed by atoms with Crippen LogP contribution in [0.25, 0.3) is 11.3 Å². The van der Waals surface area contributed by atoms with E-state index in [9.17, 15) is 0 Å². The highest BCUT2D eigenvalue weighted by molar-refractivity contribution is 5.66. The van der Waals surface area contributed by atoms with Gasteiger partial charge in [0.2, 0.25) is 0 Å². The molecular weight excluding hydrogens is 238 g/mol. The topological polar surface area (TPSA) is 35.3 Å². The Labute approximate surface area is 114 Å². The van der Waals surface area contributed by atoms with Crippen LogP contribution in [0.1, 0.15) is 33.1 Å². The van der Waals surface area contributed by atoms with Crippen molar-refractivity contribution in [1.29, 1.82) is 0 Å². The van der Waals surface area contributed by atoms with Gasteiger partial charge in [0.25, 0.3) is 0 Å². The van der Waals surface area contributed by atoms with Gasteiger partial charge in [-0.05, 0) is 24.0 Å². The highest BCUT2D eigenvalue weighted by Crippen LogP contribution is 2.30. The average molecular weight is 259 g/mol. The zero-order valence-electron chi connectivity index (χ0n) is 12.1. The van der Waals surface area contributed by atoms with Crippen molar-refractivity contribution < 1.29 is 9.15 Å². The molecule has 19 heavy (non-hydrogen) atoms. The molecule has 1 aromatic carbocycles. The molecule has 0 aliphatic heterocycles. The SMILES string of the molecule is Cc1nc(-c2ccccc2OCCC(C)(C)C)co1. The molecule has 0 unspecified atom stereocenters. The van der Waals surface area contributed by atoms with Crippen LogP contribution >= 0.6 is 0 Å². The van der Waals surface area contributed by atoms with Gasteiger partial charge >= 0.3 is 0 Å². The van der Waals surface area contributed by atoms with Gasteiger partial charge in [-0.2, -0.15) is 0 Å². The van der Waals surface area contributed by atoms with E-state index in [-0.39, 0.29) is 5.41 Å². The molecule has 0 radical (unpaired) electrons. The van der Waals surface area contributed by atoms with E-state index in [0.717, 1.165) is 23.4 Å². The quantitative estimate of drug-likeness (QED) is 0.812. The largest absolute Gasteiger partial charge is 0.493 e. The lowest BCUT2D eigenvalue weighted by atomic mass is 9.93. The standard InChI is InChI=1S/C16H21NO2/c1-12-17-14(11-19-12)13-7-5-6-8-15(13)18-10-9-16(2,3)4/h5-8,11H,9-10H2,1-4H3. The maximum absolute atomic E-state index is 5.90. The second-order valence-electron chi connectivity index (χ2n) is 5.91. The summed E-state index contributed by atoms with van der Waals surface area (Å²) >= 11 is 0. The molecule has 1 heterocycles. The molecule has 0 spiro atoms. The van der Waals surface area contributed by atoms with Gasteiger partial charge in [-0.1, -0.05) is 32.9 Å². The summed E-state index contributed by atoms with van der Waals surface area (Å²) in [5.41, 5.74) is 2.08. The van der Waals surface area contributed by atoms with Crippen molar-refractivity contribution in [2.45, 2.75) is 34.1 Å². The normalized spacial score (nSPS) is 11.6. The number of benzene rings is 1. The van der Waals surface area contributed by atoms with E-state index in [1.165, 1.54) is 0 Å². The van der Waals surface area contributed by atoms with Crippen LogP contribution in [0.3, 0.4) is 0 Å². The fraction of sp³-hybridized carbons (Fsp3) is 0.438. The van der Waals surface area contributed by atoms with E-state index in [2.05, 4.69) is 25.8 Å². The Bertz CT molecular complexity index is 538. The lowest BCUT2D eigenvalue weighted by Crippen LogP contribution is -2.11. The van der Waals surface area contributed by atoms with E-state index in [1.807, 2.05) is 31.2 Å². The van der Waals surface area contributed by atoms with Gasteiger partial charge < -0.3 is 9.15 Å². The smallest absolute Gasteiger partial charge is 0.191 e. The number of aryl methyl sites for hydroxylation is 1. The van der Waals surface area contributed by atoms with Crippen molar-refractivity contribution in [3.8, 4) is 17.0 Å². The van der Waals surface area contributed by atoms with E-state index < -0.39 is 0 Å². The predicted octanol–water partition coefficient (Wildman–Crippen LogP) is 4.47. The first-order valence-electron chi connectivity index (χ1n) is 6.60. The molecule has 0 saturated heterocycles. The maximum atomic E-state index is 5.90. The van der Waals surface area contributed by atoms with Crippen LogP contribution in [0.5, 0.6) is 5.75 Å². The molecule has 3 nitrogen and oxygen atoms in total. The zero-order chi connectivity index (χ0) is 13.9. The summed E-state index contributed by atoms with van der Waals surface area (Å²) in [5.74, 6) is 1.53. The van der Waals surface area contributed by atoms with Crippen LogP contribution in [0.15, 0.2) is 34.9 Å². The van der Waals surface area contributed by atoms with E-state index >= 15 is 0 Å². The van der Waals surface area contributed by atoms with Crippen molar-refractivity contribution >= 4 is 0 Å². The van der Waals surface area contributed by atoms with Crippen molar-refractivity contribution in [2.24, 2.45) is 5.41 Å². The number of para-hydroxylation sites is 1. The molecule has 2 aromatic rings. The molecule has 102 valence electrons. The Morgan fingerprint density at radius 2 is 1.95 bits per heavy atom. The molecule has 0 aliphatic carbocycles. The average Bonchev–Trinajstić information content (AvgIpc) is 2.75. The van der Waals surface area contributed by atoms with Crippen LogP contribution in [0, 0.1) is 12.3 Å². The van der Waals surface area contributed by atoms with Gasteiger partial charge in [-0.25, -0.2) is 4.98 Å². The molecule has 2 rings (SSSR count). The zero-order valence-corrected chi connectivity index (χ0v) is 12.1. The van der Waals surface area contributed by atoms with E-state index in [4.69, 9.17) is 9.15 Å². The molecule has 1 aromatic heterocycles. The third-order valence-electron chi connectivity index (χ3n) is 2.89. The first-order valence-corrected chi connectivity index (χ1v) is 6.60. The Morgan fingerprint density at radius 3 is 2.58 bits per heavy atom. The summed E-state index contributed by atoms with van der Waals surface area (Å²) in [6.45, 7) is 9.18. The second-order valence-corrected chi connectivity index (χ2v) is 5.91. The summed E-state index contributed by atoms with van der Waals surface area (Å²) in [4.78, 5) is 4.35. The molecule has 3 heteroatoms. The lowest BCUT2D eigenvalue weighted by Gasteiger charge is -2.18. The van der Waals surface area contributed by atoms with Crippen LogP contribution in [-0.4, -0.2) is 11.6 Å². The van der Waals surface area contributed by atoms with Crippen molar-refractivity contribution in [3.05, 3.63) is 36.4 Å². The van der Waals surface area contributed by atoms with Crippen LogP contribution in [0.2, 0.25) is 0 Å². The monoisotopic (exact) mass is 259 g/mol. The summed E-state index contributed by atoms with van der Waals surface area (Å²) in [5, 5.41) is 0. The Hall–Kier alpha value is -1.77. The van der Waals surface area contributed by atoms with E-state index in [0.29, 0.717) is 12.5 Å². The Morgan fingerprint density at radius 1 is 1.21 bits per heavy atom. The van der Waals surface area contributed by atoms with Crippen molar-refractivity contribution in [2.75, 3.05) is 6.61 Å². The minimum atomic E-state index is 0.277. The molecule has 0 amide bonds. The van der Waals surface area contributed by atoms with Gasteiger partial charge in [-0.15, -0.1) is 0 Å². The number of aromatic nitrogens is 1. The summed E-state index contributed by atoms with van der Waals surface area (Å²) in [6.07, 6.45) is 2.68. The number of nitrogens with zero attached hydrogens (tertiary/aromatic N) is 1. The van der Waals surface area contributed by atoms with Crippen LogP contribution in [0.4, 0.5) is 0 Å². The number of rotatable bonds is 4. The molecule has 0 N–H and O–H groups in total. The lowest BCUT2D eigenvalue weighted by molar-refractivity contribution is 0.243. The maximum Gasteiger partial charge on any atom is 0.191 e. The molecule has 0 saturated carbocycles. The van der Waals surface area contributed by atoms with Crippen molar-refractivity contribution in [1.82, 2.24) is 4.98 Å². The molecular formula is C16H21NO2. The number of hydrogen-bond acceptors (Lipinski definition) is 3. The van der Waals surface area contributed by atoms with Crippen LogP contribution < -0.4 is 4.74 Å². The first kappa shape index (κ1) is 13.7. The predicted molar refractivity (Wildman–Crippen MR) is 76.2 cm³/mol. The van der Waals surface area contributed by atoms with Crippen molar-refractivity contribution in [3.63, 3.8) is 0 Å². The summed E-state index contributed by atoms with van der Waals surface area (Å²) < 4.78 is 11.2. The number of ether oxygens (including phenoxy) is 1. The van der Waals surface area contributed by atoms with Gasteiger partial charge in [0.1, 0.15) is 17.7 Å². The Kier molecular flexibility index (Phi) is 3.93. The van der Waals surface area contributed by atoms with E-state index in [1.54, 1.807) is 6.26 Å². The first-order chi connectivity index (χ1) is 8.96. The Balaban J connectivity index is 2.13. The molecule has 0 bridgehead atoms. The highest BCUT2D eigenvalue weighted by Gasteiger charge is 2.13. The van der Waals surface area contributed by atoms with Gasteiger partial charge in [0, 0.05) is 12.5 Å². The fourth-order valence-corrected chi connectivity index (χ4v) is 1.76. The minimum absolute atomic E-state index is 0.277. The third-order valence-corrected chi connectivity index (χ3v) is 2.89. The second kappa shape index (κ2) is 5.47. The van der Waals surface area contributed by atoms with Gasteiger partial charge in [-0.3, -0.25) is 0 Å². The summed E-state index contributed by atoms with van der Waals surface area (Å²) in [7, 11) is 0. The number of oxazole rings is 1. The highest BCUT2D eigenvalue weighted by atomic mass is 16.5. The number of hydrogen-bond donors (Lipinski definition) is 0. The van der Waals surface area contributed by atoms with Crippen LogP contribution in [-0.2, 0) is 0 Å². The van der Waals surface area contributed by atoms with Gasteiger partial charge in [0.15, 0.2) is 5.89 Å².